The molecule has 3 N–H and O–H groups in total. The Morgan fingerprint density at radius 1 is 1.63 bits per heavy atom. The molecule has 2 amide bonds. The summed E-state index contributed by atoms with van der Waals surface area (Å²) in [6.07, 6.45) is 0.914. The summed E-state index contributed by atoms with van der Waals surface area (Å²) in [5.41, 5.74) is 0.447. The second-order valence-corrected chi connectivity index (χ2v) is 5.95. The number of carbonyl (C=O) groups excluding carboxylic acids is 2. The van der Waals surface area contributed by atoms with Gasteiger partial charge in [0, 0.05) is 10.0 Å². The van der Waals surface area contributed by atoms with Crippen LogP contribution in [0.2, 0.25) is 0 Å². The van der Waals surface area contributed by atoms with E-state index in [2.05, 4.69) is 5.32 Å². The summed E-state index contributed by atoms with van der Waals surface area (Å²) in [7, 11) is 0. The highest BCUT2D eigenvalue weighted by molar-refractivity contribution is 14.1. The SMILES string of the molecule is N=CC(=O)NC1S[C@@H]2CC(=O)N2C(C(=O)O)=C1CI. The molecule has 2 aliphatic rings. The number of carboxylic acids is 1. The number of β-lactam (4-membered cyclic amide) rings is 1. The molecular weight excluding hydrogens is 385 g/mol. The van der Waals surface area contributed by atoms with E-state index in [9.17, 15) is 19.5 Å². The summed E-state index contributed by atoms with van der Waals surface area (Å²) in [5.74, 6) is -1.96. The first kappa shape index (κ1) is 14.3. The normalized spacial score (nSPS) is 25.5. The lowest BCUT2D eigenvalue weighted by Crippen LogP contribution is -2.57. The molecule has 2 rings (SSSR count). The van der Waals surface area contributed by atoms with Gasteiger partial charge in [-0.2, -0.15) is 0 Å². The number of carboxylic acid groups (broad SMARTS) is 1. The van der Waals surface area contributed by atoms with Crippen LogP contribution in [0.1, 0.15) is 6.42 Å². The molecule has 1 saturated heterocycles. The molecule has 0 bridgehead atoms. The van der Waals surface area contributed by atoms with Crippen molar-refractivity contribution in [3.05, 3.63) is 11.3 Å². The van der Waals surface area contributed by atoms with E-state index in [1.54, 1.807) is 0 Å². The van der Waals surface area contributed by atoms with Crippen LogP contribution >= 0.6 is 34.4 Å². The first-order chi connectivity index (χ1) is 8.99. The minimum Gasteiger partial charge on any atom is -0.477 e. The zero-order chi connectivity index (χ0) is 14.2. The lowest BCUT2D eigenvalue weighted by molar-refractivity contribution is -0.146. The van der Waals surface area contributed by atoms with Gasteiger partial charge in [0.25, 0.3) is 5.91 Å². The lowest BCUT2D eigenvalue weighted by Gasteiger charge is -2.46. The van der Waals surface area contributed by atoms with Gasteiger partial charge in [0.2, 0.25) is 5.91 Å². The van der Waals surface area contributed by atoms with Crippen molar-refractivity contribution in [3.63, 3.8) is 0 Å². The Bertz CT molecular complexity index is 507. The van der Waals surface area contributed by atoms with Gasteiger partial charge in [-0.25, -0.2) is 4.79 Å². The van der Waals surface area contributed by atoms with E-state index in [1.807, 2.05) is 22.6 Å². The van der Waals surface area contributed by atoms with Crippen LogP contribution in [0.25, 0.3) is 0 Å². The number of aliphatic carboxylic acids is 1. The Morgan fingerprint density at radius 2 is 2.32 bits per heavy atom. The molecule has 2 atom stereocenters. The van der Waals surface area contributed by atoms with Crippen LogP contribution in [0, 0.1) is 5.41 Å². The number of hydrogen-bond acceptors (Lipinski definition) is 5. The standard InChI is InChI=1S/C10H10IN3O4S/c11-2-4-8(10(17)18)14-6(16)1-7(14)19-9(4)13-5(15)3-12/h3,7,9,12H,1-2H2,(H,13,15)(H,17,18)/t7-,9?/m1/s1. The number of nitrogens with one attached hydrogen (secondary N) is 2. The molecule has 0 aromatic heterocycles. The van der Waals surface area contributed by atoms with E-state index < -0.39 is 17.3 Å². The zero-order valence-electron chi connectivity index (χ0n) is 9.55. The van der Waals surface area contributed by atoms with Crippen LogP contribution in [0.3, 0.4) is 0 Å². The number of hydrogen-bond donors (Lipinski definition) is 3. The van der Waals surface area contributed by atoms with Gasteiger partial charge in [0.05, 0.1) is 18.0 Å². The molecule has 0 radical (unpaired) electrons. The van der Waals surface area contributed by atoms with Crippen molar-refractivity contribution in [2.24, 2.45) is 0 Å². The summed E-state index contributed by atoms with van der Waals surface area (Å²) in [5, 5.41) is 18.0. The molecule has 102 valence electrons. The minimum atomic E-state index is -1.17. The van der Waals surface area contributed by atoms with Gasteiger partial charge in [-0.05, 0) is 0 Å². The Balaban J connectivity index is 2.38. The van der Waals surface area contributed by atoms with Crippen molar-refractivity contribution >= 4 is 58.4 Å². The summed E-state index contributed by atoms with van der Waals surface area (Å²) in [4.78, 5) is 35.4. The topological polar surface area (TPSA) is 111 Å². The Kier molecular flexibility index (Phi) is 4.13. The van der Waals surface area contributed by atoms with Gasteiger partial charge in [-0.15, -0.1) is 11.8 Å². The number of nitrogens with zero attached hydrogens (tertiary/aromatic N) is 1. The van der Waals surface area contributed by atoms with Crippen molar-refractivity contribution in [1.29, 1.82) is 5.41 Å². The average Bonchev–Trinajstić information content (AvgIpc) is 2.36. The van der Waals surface area contributed by atoms with Crippen molar-refractivity contribution in [2.75, 3.05) is 4.43 Å². The smallest absolute Gasteiger partial charge is 0.352 e. The van der Waals surface area contributed by atoms with Gasteiger partial charge in [-0.1, -0.05) is 22.6 Å². The number of thioether (sulfide) groups is 1. The fraction of sp³-hybridized carbons (Fsp3) is 0.400. The summed E-state index contributed by atoms with van der Waals surface area (Å²) in [6, 6.07) is 0. The van der Waals surface area contributed by atoms with Gasteiger partial charge >= 0.3 is 5.97 Å². The van der Waals surface area contributed by atoms with E-state index in [1.165, 1.54) is 16.7 Å². The number of fused-ring (bicyclic) bond motifs is 1. The van der Waals surface area contributed by atoms with Crippen LogP contribution in [-0.4, -0.2) is 49.2 Å². The molecule has 9 heteroatoms. The van der Waals surface area contributed by atoms with E-state index in [4.69, 9.17) is 5.41 Å². The summed E-state index contributed by atoms with van der Waals surface area (Å²) < 4.78 is 0.381. The van der Waals surface area contributed by atoms with Crippen LogP contribution in [0.4, 0.5) is 0 Å². The number of alkyl halides is 1. The fourth-order valence-corrected chi connectivity index (χ4v) is 4.49. The molecular formula is C10H10IN3O4S. The highest BCUT2D eigenvalue weighted by Crippen LogP contribution is 2.43. The predicted octanol–water partition coefficient (Wildman–Crippen LogP) is 0.157. The van der Waals surface area contributed by atoms with Crippen molar-refractivity contribution in [1.82, 2.24) is 10.2 Å². The second kappa shape index (κ2) is 5.49. The monoisotopic (exact) mass is 395 g/mol. The fourth-order valence-electron chi connectivity index (χ4n) is 1.95. The molecule has 1 fully saturated rings. The van der Waals surface area contributed by atoms with Gasteiger partial charge < -0.3 is 15.8 Å². The summed E-state index contributed by atoms with van der Waals surface area (Å²) in [6.45, 7) is 0. The van der Waals surface area contributed by atoms with E-state index in [0.29, 0.717) is 16.2 Å². The molecule has 2 heterocycles. The van der Waals surface area contributed by atoms with Crippen LogP contribution in [-0.2, 0) is 14.4 Å². The number of carbonyl (C=O) groups is 3. The molecule has 0 spiro atoms. The average molecular weight is 395 g/mol. The molecule has 1 unspecified atom stereocenters. The maximum absolute atomic E-state index is 11.5. The molecule has 2 aliphatic heterocycles. The molecule has 19 heavy (non-hydrogen) atoms. The van der Waals surface area contributed by atoms with Crippen molar-refractivity contribution < 1.29 is 19.5 Å². The molecule has 0 aromatic carbocycles. The molecule has 0 aliphatic carbocycles. The minimum absolute atomic E-state index is 0.0373. The predicted molar refractivity (Wildman–Crippen MR) is 77.1 cm³/mol. The van der Waals surface area contributed by atoms with Crippen molar-refractivity contribution in [3.8, 4) is 0 Å². The quantitative estimate of drug-likeness (QED) is 0.272. The lowest BCUT2D eigenvalue weighted by atomic mass is 10.1. The number of rotatable bonds is 4. The Labute approximate surface area is 126 Å². The number of halogens is 1. The third-order valence-corrected chi connectivity index (χ3v) is 5.00. The van der Waals surface area contributed by atoms with Crippen LogP contribution < -0.4 is 5.32 Å². The van der Waals surface area contributed by atoms with Gasteiger partial charge in [0.15, 0.2) is 0 Å². The number of amides is 2. The van der Waals surface area contributed by atoms with Gasteiger partial charge in [0.1, 0.15) is 11.1 Å². The highest BCUT2D eigenvalue weighted by atomic mass is 127. The Morgan fingerprint density at radius 3 is 2.79 bits per heavy atom. The van der Waals surface area contributed by atoms with E-state index >= 15 is 0 Å². The third kappa shape index (κ3) is 2.48. The Hall–Kier alpha value is -1.10. The van der Waals surface area contributed by atoms with E-state index in [-0.39, 0.29) is 23.4 Å². The zero-order valence-corrected chi connectivity index (χ0v) is 12.5. The second-order valence-electron chi connectivity index (χ2n) is 3.90. The summed E-state index contributed by atoms with van der Waals surface area (Å²) >= 11 is 3.32. The van der Waals surface area contributed by atoms with Crippen LogP contribution in [0.5, 0.6) is 0 Å². The molecule has 7 nitrogen and oxygen atoms in total. The maximum Gasteiger partial charge on any atom is 0.352 e. The third-order valence-electron chi connectivity index (χ3n) is 2.81. The highest BCUT2D eigenvalue weighted by Gasteiger charge is 2.48. The largest absolute Gasteiger partial charge is 0.477 e. The maximum atomic E-state index is 11.5. The molecule has 0 saturated carbocycles. The van der Waals surface area contributed by atoms with E-state index in [0.717, 1.165) is 0 Å². The first-order valence-corrected chi connectivity index (χ1v) is 7.77. The van der Waals surface area contributed by atoms with Gasteiger partial charge in [-0.3, -0.25) is 14.5 Å². The molecule has 0 aromatic rings. The van der Waals surface area contributed by atoms with Crippen LogP contribution in [0.15, 0.2) is 11.3 Å². The van der Waals surface area contributed by atoms with Crippen molar-refractivity contribution in [2.45, 2.75) is 17.2 Å². The first-order valence-electron chi connectivity index (χ1n) is 5.30.